The van der Waals surface area contributed by atoms with Crippen LogP contribution in [-0.2, 0) is 13.1 Å². The number of carbonyl (C=O) groups is 1. The summed E-state index contributed by atoms with van der Waals surface area (Å²) in [6.45, 7) is 6.00. The highest BCUT2D eigenvalue weighted by Gasteiger charge is 2.12. The van der Waals surface area contributed by atoms with E-state index in [-0.39, 0.29) is 5.91 Å². The summed E-state index contributed by atoms with van der Waals surface area (Å²) in [6.07, 6.45) is 4.52. The minimum absolute atomic E-state index is 0.0667. The van der Waals surface area contributed by atoms with Gasteiger partial charge in [-0.15, -0.1) is 0 Å². The van der Waals surface area contributed by atoms with Crippen LogP contribution < -0.4 is 5.32 Å². The van der Waals surface area contributed by atoms with Crippen molar-refractivity contribution in [1.29, 1.82) is 0 Å². The topological polar surface area (TPSA) is 64.7 Å². The van der Waals surface area contributed by atoms with E-state index in [0.717, 1.165) is 18.7 Å². The van der Waals surface area contributed by atoms with Crippen molar-refractivity contribution in [2.75, 3.05) is 6.54 Å². The molecule has 0 aromatic carbocycles. The van der Waals surface area contributed by atoms with Crippen molar-refractivity contribution in [3.63, 3.8) is 0 Å². The molecule has 0 aliphatic heterocycles. The van der Waals surface area contributed by atoms with Crippen LogP contribution in [0.25, 0.3) is 0 Å². The molecule has 2 aromatic rings. The van der Waals surface area contributed by atoms with Gasteiger partial charge in [-0.3, -0.25) is 14.2 Å². The normalized spacial score (nSPS) is 10.6. The fourth-order valence-electron chi connectivity index (χ4n) is 1.94. The van der Waals surface area contributed by atoms with Crippen molar-refractivity contribution < 1.29 is 4.79 Å². The van der Waals surface area contributed by atoms with E-state index < -0.39 is 0 Å². The maximum Gasteiger partial charge on any atom is 0.269 e. The SMILES string of the molecule is CCn1nc(C)cc1C(=O)NCCCn1cccn1. The third-order valence-corrected chi connectivity index (χ3v) is 2.84. The first kappa shape index (κ1) is 13.3. The average Bonchev–Trinajstić information content (AvgIpc) is 3.03. The van der Waals surface area contributed by atoms with Crippen LogP contribution in [0.5, 0.6) is 0 Å². The zero-order valence-electron chi connectivity index (χ0n) is 11.3. The molecule has 6 nitrogen and oxygen atoms in total. The number of nitrogens with one attached hydrogen (secondary N) is 1. The highest BCUT2D eigenvalue weighted by molar-refractivity contribution is 5.92. The zero-order chi connectivity index (χ0) is 13.7. The van der Waals surface area contributed by atoms with Gasteiger partial charge in [-0.25, -0.2) is 0 Å². The molecule has 6 heteroatoms. The molecule has 0 bridgehead atoms. The van der Waals surface area contributed by atoms with E-state index in [4.69, 9.17) is 0 Å². The maximum atomic E-state index is 12.0. The molecule has 1 N–H and O–H groups in total. The number of rotatable bonds is 6. The molecule has 0 saturated carbocycles. The summed E-state index contributed by atoms with van der Waals surface area (Å²) in [4.78, 5) is 12.0. The van der Waals surface area contributed by atoms with Gasteiger partial charge in [0.2, 0.25) is 0 Å². The van der Waals surface area contributed by atoms with Crippen molar-refractivity contribution in [2.45, 2.75) is 33.4 Å². The third-order valence-electron chi connectivity index (χ3n) is 2.84. The van der Waals surface area contributed by atoms with Crippen LogP contribution in [-0.4, -0.2) is 32.0 Å². The smallest absolute Gasteiger partial charge is 0.269 e. The lowest BCUT2D eigenvalue weighted by atomic mass is 10.3. The molecule has 19 heavy (non-hydrogen) atoms. The Morgan fingerprint density at radius 1 is 1.47 bits per heavy atom. The Bertz CT molecular complexity index is 529. The molecule has 0 saturated heterocycles. The van der Waals surface area contributed by atoms with Crippen molar-refractivity contribution in [2.24, 2.45) is 0 Å². The van der Waals surface area contributed by atoms with Crippen LogP contribution in [0, 0.1) is 6.92 Å². The van der Waals surface area contributed by atoms with Gasteiger partial charge in [0.25, 0.3) is 5.91 Å². The molecule has 0 radical (unpaired) electrons. The molecule has 2 rings (SSSR count). The van der Waals surface area contributed by atoms with Gasteiger partial charge in [0.05, 0.1) is 5.69 Å². The lowest BCUT2D eigenvalue weighted by molar-refractivity contribution is 0.0942. The Morgan fingerprint density at radius 3 is 3.00 bits per heavy atom. The van der Waals surface area contributed by atoms with Gasteiger partial charge in [-0.1, -0.05) is 0 Å². The second-order valence-corrected chi connectivity index (χ2v) is 4.37. The Hall–Kier alpha value is -2.11. The average molecular weight is 261 g/mol. The second kappa shape index (κ2) is 6.17. The lowest BCUT2D eigenvalue weighted by Crippen LogP contribution is -2.27. The number of aryl methyl sites for hydroxylation is 3. The summed E-state index contributed by atoms with van der Waals surface area (Å²) in [5, 5.41) is 11.3. The molecular weight excluding hydrogens is 242 g/mol. The van der Waals surface area contributed by atoms with Crippen molar-refractivity contribution >= 4 is 5.91 Å². The first-order chi connectivity index (χ1) is 9.20. The Kier molecular flexibility index (Phi) is 4.33. The maximum absolute atomic E-state index is 12.0. The first-order valence-electron chi connectivity index (χ1n) is 6.50. The first-order valence-corrected chi connectivity index (χ1v) is 6.50. The van der Waals surface area contributed by atoms with E-state index in [2.05, 4.69) is 15.5 Å². The summed E-state index contributed by atoms with van der Waals surface area (Å²) in [5.41, 5.74) is 1.49. The standard InChI is InChI=1S/C13H19N5O/c1-3-18-12(10-11(2)16-18)13(19)14-6-4-8-17-9-5-7-15-17/h5,7,9-10H,3-4,6,8H2,1-2H3,(H,14,19). The van der Waals surface area contributed by atoms with Crippen LogP contribution in [0.3, 0.4) is 0 Å². The third kappa shape index (κ3) is 3.43. The van der Waals surface area contributed by atoms with E-state index in [1.807, 2.05) is 36.9 Å². The summed E-state index contributed by atoms with van der Waals surface area (Å²) < 4.78 is 3.57. The Labute approximate surface area is 112 Å². The highest BCUT2D eigenvalue weighted by atomic mass is 16.2. The summed E-state index contributed by atoms with van der Waals surface area (Å²) >= 11 is 0. The molecule has 0 unspecified atom stereocenters. The Balaban J connectivity index is 1.80. The van der Waals surface area contributed by atoms with Crippen LogP contribution in [0.15, 0.2) is 24.5 Å². The zero-order valence-corrected chi connectivity index (χ0v) is 11.3. The quantitative estimate of drug-likeness (QED) is 0.795. The largest absolute Gasteiger partial charge is 0.351 e. The molecule has 0 atom stereocenters. The minimum atomic E-state index is -0.0667. The molecule has 2 aromatic heterocycles. The van der Waals surface area contributed by atoms with Gasteiger partial charge < -0.3 is 5.32 Å². The van der Waals surface area contributed by atoms with Gasteiger partial charge in [-0.05, 0) is 32.4 Å². The highest BCUT2D eigenvalue weighted by Crippen LogP contribution is 2.03. The van der Waals surface area contributed by atoms with Crippen molar-refractivity contribution in [3.05, 3.63) is 35.9 Å². The molecule has 0 aliphatic rings. The fourth-order valence-corrected chi connectivity index (χ4v) is 1.94. The summed E-state index contributed by atoms with van der Waals surface area (Å²) in [6, 6.07) is 3.70. The van der Waals surface area contributed by atoms with E-state index in [1.165, 1.54) is 0 Å². The van der Waals surface area contributed by atoms with E-state index in [1.54, 1.807) is 10.9 Å². The van der Waals surface area contributed by atoms with Crippen LogP contribution in [0.4, 0.5) is 0 Å². The second-order valence-electron chi connectivity index (χ2n) is 4.37. The van der Waals surface area contributed by atoms with Gasteiger partial charge in [0, 0.05) is 32.0 Å². The number of amides is 1. The monoisotopic (exact) mass is 261 g/mol. The van der Waals surface area contributed by atoms with Crippen LogP contribution >= 0.6 is 0 Å². The fraction of sp³-hybridized carbons (Fsp3) is 0.462. The minimum Gasteiger partial charge on any atom is -0.351 e. The van der Waals surface area contributed by atoms with Crippen molar-refractivity contribution in [1.82, 2.24) is 24.9 Å². The van der Waals surface area contributed by atoms with Gasteiger partial charge in [0.1, 0.15) is 5.69 Å². The predicted molar refractivity (Wildman–Crippen MR) is 71.8 cm³/mol. The van der Waals surface area contributed by atoms with Gasteiger partial charge in [-0.2, -0.15) is 10.2 Å². The molecule has 0 spiro atoms. The van der Waals surface area contributed by atoms with E-state index >= 15 is 0 Å². The lowest BCUT2D eigenvalue weighted by Gasteiger charge is -2.06. The number of hydrogen-bond acceptors (Lipinski definition) is 3. The molecule has 0 aliphatic carbocycles. The molecule has 1 amide bonds. The molecule has 0 fully saturated rings. The number of hydrogen-bond donors (Lipinski definition) is 1. The van der Waals surface area contributed by atoms with Gasteiger partial charge >= 0.3 is 0 Å². The van der Waals surface area contributed by atoms with Crippen molar-refractivity contribution in [3.8, 4) is 0 Å². The van der Waals surface area contributed by atoms with Crippen LogP contribution in [0.2, 0.25) is 0 Å². The van der Waals surface area contributed by atoms with E-state index in [0.29, 0.717) is 18.8 Å². The molecular formula is C13H19N5O. The number of carbonyl (C=O) groups excluding carboxylic acids is 1. The summed E-state index contributed by atoms with van der Waals surface area (Å²) in [7, 11) is 0. The summed E-state index contributed by atoms with van der Waals surface area (Å²) in [5.74, 6) is -0.0667. The number of nitrogens with zero attached hydrogens (tertiary/aromatic N) is 4. The molecule has 2 heterocycles. The van der Waals surface area contributed by atoms with Crippen LogP contribution in [0.1, 0.15) is 29.5 Å². The predicted octanol–water partition coefficient (Wildman–Crippen LogP) is 1.23. The Morgan fingerprint density at radius 2 is 2.32 bits per heavy atom. The van der Waals surface area contributed by atoms with E-state index in [9.17, 15) is 4.79 Å². The molecule has 102 valence electrons. The number of aromatic nitrogens is 4. The van der Waals surface area contributed by atoms with Gasteiger partial charge in [0.15, 0.2) is 0 Å².